The normalized spacial score (nSPS) is 11.3. The van der Waals surface area contributed by atoms with Crippen LogP contribution < -0.4 is 10.0 Å². The first-order valence-corrected chi connectivity index (χ1v) is 11.0. The molecule has 0 atom stereocenters. The zero-order chi connectivity index (χ0) is 20.2. The van der Waals surface area contributed by atoms with Crippen LogP contribution in [0.4, 0.5) is 0 Å². The number of amides is 1. The molecule has 0 spiro atoms. The summed E-state index contributed by atoms with van der Waals surface area (Å²) < 4.78 is 30.9. The van der Waals surface area contributed by atoms with E-state index in [1.165, 1.54) is 12.6 Å². The molecule has 0 bridgehead atoms. The Kier molecular flexibility index (Phi) is 9.13. The monoisotopic (exact) mass is 404 g/mol. The standard InChI is InChI=1S/C21H28N2O4S/c1-22-28(25,26)17-20-11-9-19(10-12-20)16-23-21(24)8-5-14-27-15-13-18-6-3-2-4-7-18/h2-4,6-7,9-12,22H,5,8,13-17H2,1H3,(H,23,24). The van der Waals surface area contributed by atoms with Crippen LogP contribution in [-0.4, -0.2) is 34.6 Å². The van der Waals surface area contributed by atoms with E-state index in [1.807, 2.05) is 30.3 Å². The average Bonchev–Trinajstić information content (AvgIpc) is 2.70. The van der Waals surface area contributed by atoms with E-state index >= 15 is 0 Å². The fourth-order valence-corrected chi connectivity index (χ4v) is 3.38. The van der Waals surface area contributed by atoms with Crippen LogP contribution in [0.1, 0.15) is 29.5 Å². The van der Waals surface area contributed by atoms with Gasteiger partial charge in [-0.05, 0) is 36.6 Å². The van der Waals surface area contributed by atoms with Crippen molar-refractivity contribution in [1.29, 1.82) is 0 Å². The molecule has 0 saturated heterocycles. The number of hydrogen-bond donors (Lipinski definition) is 2. The van der Waals surface area contributed by atoms with E-state index in [9.17, 15) is 13.2 Å². The van der Waals surface area contributed by atoms with Crippen LogP contribution >= 0.6 is 0 Å². The van der Waals surface area contributed by atoms with E-state index < -0.39 is 10.0 Å². The largest absolute Gasteiger partial charge is 0.381 e. The van der Waals surface area contributed by atoms with Gasteiger partial charge in [0.25, 0.3) is 0 Å². The van der Waals surface area contributed by atoms with Gasteiger partial charge in [-0.3, -0.25) is 4.79 Å². The third-order valence-corrected chi connectivity index (χ3v) is 5.59. The van der Waals surface area contributed by atoms with Crippen molar-refractivity contribution >= 4 is 15.9 Å². The lowest BCUT2D eigenvalue weighted by Gasteiger charge is -2.08. The second-order valence-corrected chi connectivity index (χ2v) is 8.43. The molecule has 28 heavy (non-hydrogen) atoms. The van der Waals surface area contributed by atoms with Crippen LogP contribution in [0, 0.1) is 0 Å². The molecule has 0 fully saturated rings. The number of nitrogens with one attached hydrogen (secondary N) is 2. The third kappa shape index (κ3) is 8.65. The Morgan fingerprint density at radius 2 is 1.61 bits per heavy atom. The Morgan fingerprint density at radius 3 is 2.29 bits per heavy atom. The van der Waals surface area contributed by atoms with Gasteiger partial charge in [0.05, 0.1) is 12.4 Å². The maximum Gasteiger partial charge on any atom is 0.220 e. The minimum atomic E-state index is -3.28. The number of carbonyl (C=O) groups is 1. The summed E-state index contributed by atoms with van der Waals surface area (Å²) in [5.74, 6) is -0.0751. The highest BCUT2D eigenvalue weighted by atomic mass is 32.2. The van der Waals surface area contributed by atoms with Crippen molar-refractivity contribution in [2.45, 2.75) is 31.6 Å². The van der Waals surface area contributed by atoms with Crippen molar-refractivity contribution in [3.63, 3.8) is 0 Å². The van der Waals surface area contributed by atoms with Crippen LogP contribution in [0.25, 0.3) is 0 Å². The maximum absolute atomic E-state index is 11.9. The quantitative estimate of drug-likeness (QED) is 0.532. The van der Waals surface area contributed by atoms with Gasteiger partial charge in [0.1, 0.15) is 0 Å². The molecular weight excluding hydrogens is 376 g/mol. The van der Waals surface area contributed by atoms with Gasteiger partial charge in [-0.25, -0.2) is 13.1 Å². The first-order chi connectivity index (χ1) is 13.5. The molecule has 7 heteroatoms. The first-order valence-electron chi connectivity index (χ1n) is 9.36. The fraction of sp³-hybridized carbons (Fsp3) is 0.381. The SMILES string of the molecule is CNS(=O)(=O)Cc1ccc(CNC(=O)CCCOCCc2ccccc2)cc1. The molecular formula is C21H28N2O4S. The lowest BCUT2D eigenvalue weighted by atomic mass is 10.1. The number of benzene rings is 2. The van der Waals surface area contributed by atoms with Crippen LogP contribution in [0.2, 0.25) is 0 Å². The number of carbonyl (C=O) groups excluding carboxylic acids is 1. The molecule has 2 rings (SSSR count). The molecule has 2 aromatic rings. The molecule has 0 saturated carbocycles. The summed E-state index contributed by atoms with van der Waals surface area (Å²) >= 11 is 0. The number of ether oxygens (including phenoxy) is 1. The van der Waals surface area contributed by atoms with Gasteiger partial charge in [0.15, 0.2) is 0 Å². The van der Waals surface area contributed by atoms with E-state index in [4.69, 9.17) is 4.74 Å². The second kappa shape index (κ2) is 11.6. The van der Waals surface area contributed by atoms with Gasteiger partial charge < -0.3 is 10.1 Å². The van der Waals surface area contributed by atoms with E-state index in [-0.39, 0.29) is 11.7 Å². The molecule has 0 aliphatic heterocycles. The maximum atomic E-state index is 11.9. The molecule has 6 nitrogen and oxygen atoms in total. The van der Waals surface area contributed by atoms with Gasteiger partial charge in [-0.1, -0.05) is 54.6 Å². The van der Waals surface area contributed by atoms with Crippen molar-refractivity contribution in [3.05, 3.63) is 71.3 Å². The summed E-state index contributed by atoms with van der Waals surface area (Å²) in [4.78, 5) is 11.9. The molecule has 0 heterocycles. The van der Waals surface area contributed by atoms with E-state index in [0.717, 1.165) is 12.0 Å². The summed E-state index contributed by atoms with van der Waals surface area (Å²) in [6, 6.07) is 17.3. The zero-order valence-electron chi connectivity index (χ0n) is 16.2. The first kappa shape index (κ1) is 22.1. The Balaban J connectivity index is 1.58. The zero-order valence-corrected chi connectivity index (χ0v) is 17.0. The van der Waals surface area contributed by atoms with Crippen molar-refractivity contribution in [2.75, 3.05) is 20.3 Å². The number of sulfonamides is 1. The Bertz CT molecular complexity index is 821. The van der Waals surface area contributed by atoms with Crippen molar-refractivity contribution in [1.82, 2.24) is 10.0 Å². The molecule has 0 aliphatic carbocycles. The lowest BCUT2D eigenvalue weighted by molar-refractivity contribution is -0.121. The molecule has 1 amide bonds. The third-order valence-electron chi connectivity index (χ3n) is 4.25. The predicted molar refractivity (Wildman–Crippen MR) is 110 cm³/mol. The molecule has 152 valence electrons. The average molecular weight is 405 g/mol. The molecule has 0 radical (unpaired) electrons. The van der Waals surface area contributed by atoms with E-state index in [2.05, 4.69) is 22.2 Å². The summed E-state index contributed by atoms with van der Waals surface area (Å²) in [5, 5.41) is 2.87. The number of rotatable bonds is 12. The number of hydrogen-bond acceptors (Lipinski definition) is 4. The van der Waals surface area contributed by atoms with Crippen molar-refractivity contribution in [3.8, 4) is 0 Å². The Hall–Kier alpha value is -2.22. The second-order valence-electron chi connectivity index (χ2n) is 6.51. The van der Waals surface area contributed by atoms with Crippen LogP contribution in [0.15, 0.2) is 54.6 Å². The van der Waals surface area contributed by atoms with Crippen molar-refractivity contribution in [2.24, 2.45) is 0 Å². The summed E-state index contributed by atoms with van der Waals surface area (Å²) in [5.41, 5.74) is 2.88. The van der Waals surface area contributed by atoms with Gasteiger partial charge in [0.2, 0.25) is 15.9 Å². The highest BCUT2D eigenvalue weighted by molar-refractivity contribution is 7.88. The van der Waals surface area contributed by atoms with Gasteiger partial charge in [-0.2, -0.15) is 0 Å². The van der Waals surface area contributed by atoms with E-state index in [1.54, 1.807) is 12.1 Å². The Morgan fingerprint density at radius 1 is 0.929 bits per heavy atom. The molecule has 0 unspecified atom stereocenters. The van der Waals surface area contributed by atoms with Crippen LogP contribution in [0.3, 0.4) is 0 Å². The van der Waals surface area contributed by atoms with Crippen LogP contribution in [-0.2, 0) is 38.3 Å². The van der Waals surface area contributed by atoms with Crippen molar-refractivity contribution < 1.29 is 17.9 Å². The molecule has 2 N–H and O–H groups in total. The minimum absolute atomic E-state index is 0.0199. The van der Waals surface area contributed by atoms with Gasteiger partial charge in [0, 0.05) is 19.6 Å². The molecule has 2 aromatic carbocycles. The highest BCUT2D eigenvalue weighted by Crippen LogP contribution is 2.08. The van der Waals surface area contributed by atoms with E-state index in [0.29, 0.717) is 38.2 Å². The Labute approximate surface area is 167 Å². The molecule has 0 aromatic heterocycles. The summed E-state index contributed by atoms with van der Waals surface area (Å²) in [6.07, 6.45) is 1.98. The lowest BCUT2D eigenvalue weighted by Crippen LogP contribution is -2.23. The minimum Gasteiger partial charge on any atom is -0.381 e. The smallest absolute Gasteiger partial charge is 0.220 e. The topological polar surface area (TPSA) is 84.5 Å². The van der Waals surface area contributed by atoms with Gasteiger partial charge >= 0.3 is 0 Å². The van der Waals surface area contributed by atoms with Crippen LogP contribution in [0.5, 0.6) is 0 Å². The summed E-state index contributed by atoms with van der Waals surface area (Å²) in [6.45, 7) is 1.64. The molecule has 0 aliphatic rings. The fourth-order valence-electron chi connectivity index (χ4n) is 2.61. The summed E-state index contributed by atoms with van der Waals surface area (Å²) in [7, 11) is -1.88. The highest BCUT2D eigenvalue weighted by Gasteiger charge is 2.08. The van der Waals surface area contributed by atoms with Gasteiger partial charge in [-0.15, -0.1) is 0 Å². The predicted octanol–water partition coefficient (Wildman–Crippen LogP) is 2.39.